The summed E-state index contributed by atoms with van der Waals surface area (Å²) in [6, 6.07) is 16.9. The molecule has 0 atom stereocenters. The zero-order valence-electron chi connectivity index (χ0n) is 17.7. The zero-order valence-corrected chi connectivity index (χ0v) is 19.2. The van der Waals surface area contributed by atoms with Crippen molar-refractivity contribution in [3.8, 4) is 11.1 Å². The molecule has 3 amide bonds. The fourth-order valence-electron chi connectivity index (χ4n) is 3.43. The predicted octanol–water partition coefficient (Wildman–Crippen LogP) is 5.75. The number of amides is 3. The molecule has 32 heavy (non-hydrogen) atoms. The van der Waals surface area contributed by atoms with Crippen LogP contribution in [0.2, 0.25) is 10.0 Å². The van der Waals surface area contributed by atoms with E-state index in [1.807, 2.05) is 19.1 Å². The Labute approximate surface area is 196 Å². The molecule has 0 spiro atoms. The minimum atomic E-state index is -0.557. The van der Waals surface area contributed by atoms with Gasteiger partial charge in [-0.2, -0.15) is 0 Å². The van der Waals surface area contributed by atoms with Gasteiger partial charge in [-0.3, -0.25) is 9.69 Å². The molecule has 8 heteroatoms. The second-order valence-corrected chi connectivity index (χ2v) is 7.96. The molecule has 0 radical (unpaired) electrons. The summed E-state index contributed by atoms with van der Waals surface area (Å²) in [6.07, 6.45) is 0. The molecule has 0 aliphatic heterocycles. The van der Waals surface area contributed by atoms with E-state index in [4.69, 9.17) is 33.7 Å². The van der Waals surface area contributed by atoms with Crippen LogP contribution in [0.25, 0.3) is 11.1 Å². The highest BCUT2D eigenvalue weighted by Crippen LogP contribution is 2.35. The number of methoxy groups -OCH3 is 1. The monoisotopic (exact) mass is 471 g/mol. The number of rotatable bonds is 7. The lowest BCUT2D eigenvalue weighted by molar-refractivity contribution is 0.100. The highest BCUT2D eigenvalue weighted by atomic mass is 35.5. The summed E-state index contributed by atoms with van der Waals surface area (Å²) in [5.74, 6) is -0.557. The average molecular weight is 472 g/mol. The molecule has 0 aromatic heterocycles. The summed E-state index contributed by atoms with van der Waals surface area (Å²) in [6.45, 7) is 2.47. The first-order valence-electron chi connectivity index (χ1n) is 9.84. The molecule has 0 aliphatic carbocycles. The average Bonchev–Trinajstić information content (AvgIpc) is 2.77. The molecule has 166 valence electrons. The topological polar surface area (TPSA) is 84.7 Å². The molecule has 0 aliphatic rings. The van der Waals surface area contributed by atoms with Crippen molar-refractivity contribution in [3.63, 3.8) is 0 Å². The van der Waals surface area contributed by atoms with Crippen LogP contribution in [-0.4, -0.2) is 32.2 Å². The van der Waals surface area contributed by atoms with Crippen molar-refractivity contribution in [3.05, 3.63) is 81.8 Å². The second kappa shape index (κ2) is 10.5. The van der Waals surface area contributed by atoms with Crippen LogP contribution >= 0.6 is 23.2 Å². The molecular weight excluding hydrogens is 449 g/mol. The maximum atomic E-state index is 13.2. The minimum Gasteiger partial charge on any atom is -0.383 e. The highest BCUT2D eigenvalue weighted by molar-refractivity contribution is 6.31. The Morgan fingerprint density at radius 1 is 0.969 bits per heavy atom. The molecule has 6 nitrogen and oxygen atoms in total. The number of carbonyl (C=O) groups is 2. The Morgan fingerprint density at radius 3 is 2.12 bits per heavy atom. The Balaban J connectivity index is 2.06. The first kappa shape index (κ1) is 23.6. The number of hydrogen-bond donors (Lipinski definition) is 2. The summed E-state index contributed by atoms with van der Waals surface area (Å²) in [5.41, 5.74) is 9.38. The van der Waals surface area contributed by atoms with Gasteiger partial charge >= 0.3 is 6.03 Å². The van der Waals surface area contributed by atoms with Gasteiger partial charge in [0, 0.05) is 34.1 Å². The van der Waals surface area contributed by atoms with Gasteiger partial charge in [0.2, 0.25) is 5.91 Å². The molecule has 0 heterocycles. The Hall–Kier alpha value is -3.06. The first-order valence-corrected chi connectivity index (χ1v) is 10.6. The number of hydrogen-bond acceptors (Lipinski definition) is 3. The predicted molar refractivity (Wildman–Crippen MR) is 130 cm³/mol. The van der Waals surface area contributed by atoms with E-state index in [9.17, 15) is 9.59 Å². The first-order chi connectivity index (χ1) is 15.3. The summed E-state index contributed by atoms with van der Waals surface area (Å²) in [5, 5.41) is 4.02. The number of anilines is 2. The summed E-state index contributed by atoms with van der Waals surface area (Å²) >= 11 is 12.0. The molecule has 3 N–H and O–H groups in total. The number of nitrogens with two attached hydrogens (primary N) is 1. The number of nitrogens with zero attached hydrogens (tertiary/aromatic N) is 1. The lowest BCUT2D eigenvalue weighted by Gasteiger charge is -2.26. The van der Waals surface area contributed by atoms with Crippen molar-refractivity contribution >= 4 is 46.5 Å². The van der Waals surface area contributed by atoms with E-state index in [-0.39, 0.29) is 6.03 Å². The summed E-state index contributed by atoms with van der Waals surface area (Å²) < 4.78 is 5.21. The lowest BCUT2D eigenvalue weighted by Crippen LogP contribution is -2.38. The molecule has 3 rings (SSSR count). The van der Waals surface area contributed by atoms with Gasteiger partial charge in [-0.15, -0.1) is 0 Å². The van der Waals surface area contributed by atoms with Crippen molar-refractivity contribution < 1.29 is 14.3 Å². The van der Waals surface area contributed by atoms with Crippen LogP contribution in [0.15, 0.2) is 60.7 Å². The normalized spacial score (nSPS) is 10.6. The van der Waals surface area contributed by atoms with Gasteiger partial charge in [0.15, 0.2) is 0 Å². The smallest absolute Gasteiger partial charge is 0.326 e. The molecule has 0 bridgehead atoms. The van der Waals surface area contributed by atoms with Crippen molar-refractivity contribution in [1.82, 2.24) is 0 Å². The van der Waals surface area contributed by atoms with Gasteiger partial charge in [0.05, 0.1) is 13.2 Å². The van der Waals surface area contributed by atoms with Gasteiger partial charge in [0.25, 0.3) is 0 Å². The van der Waals surface area contributed by atoms with Gasteiger partial charge in [-0.05, 0) is 72.1 Å². The quantitative estimate of drug-likeness (QED) is 0.459. The van der Waals surface area contributed by atoms with E-state index in [1.165, 1.54) is 0 Å². The third-order valence-electron chi connectivity index (χ3n) is 4.99. The number of nitrogens with one attached hydrogen (secondary N) is 1. The molecule has 0 fully saturated rings. The van der Waals surface area contributed by atoms with E-state index in [0.717, 1.165) is 11.1 Å². The fraction of sp³-hybridized carbons (Fsp3) is 0.167. The number of primary amides is 1. The van der Waals surface area contributed by atoms with Crippen LogP contribution in [-0.2, 0) is 4.74 Å². The van der Waals surface area contributed by atoms with E-state index >= 15 is 0 Å². The molecule has 0 unspecified atom stereocenters. The lowest BCUT2D eigenvalue weighted by atomic mass is 9.93. The third kappa shape index (κ3) is 5.40. The minimum absolute atomic E-state index is 0.298. The van der Waals surface area contributed by atoms with Crippen molar-refractivity contribution in [1.29, 1.82) is 0 Å². The maximum absolute atomic E-state index is 13.2. The number of benzene rings is 3. The molecular formula is C24H23Cl2N3O3. The standard InChI is InChI=1S/C24H23Cl2N3O3/c1-15-21(12-11-20(23(27)30)22(15)16-3-5-17(25)6-4-16)29(13-14-32-2)24(31)28-19-9-7-18(26)8-10-19/h3-12H,13-14H2,1-2H3,(H2,27,30)(H,28,31). The zero-order chi connectivity index (χ0) is 23.3. The van der Waals surface area contributed by atoms with Gasteiger partial charge in [-0.25, -0.2) is 4.79 Å². The van der Waals surface area contributed by atoms with Gasteiger partial charge in [-0.1, -0.05) is 35.3 Å². The third-order valence-corrected chi connectivity index (χ3v) is 5.49. The van der Waals surface area contributed by atoms with Crippen LogP contribution in [0.3, 0.4) is 0 Å². The van der Waals surface area contributed by atoms with Crippen molar-refractivity contribution in [2.24, 2.45) is 5.73 Å². The number of ether oxygens (including phenoxy) is 1. The molecule has 3 aromatic rings. The van der Waals surface area contributed by atoms with Crippen LogP contribution in [0.5, 0.6) is 0 Å². The number of halogens is 2. The molecule has 3 aromatic carbocycles. The van der Waals surface area contributed by atoms with Crippen LogP contribution in [0, 0.1) is 6.92 Å². The van der Waals surface area contributed by atoms with E-state index in [1.54, 1.807) is 60.5 Å². The Kier molecular flexibility index (Phi) is 7.75. The number of carbonyl (C=O) groups excluding carboxylic acids is 2. The van der Waals surface area contributed by atoms with Gasteiger partial charge in [0.1, 0.15) is 0 Å². The van der Waals surface area contributed by atoms with E-state index in [0.29, 0.717) is 45.7 Å². The second-order valence-electron chi connectivity index (χ2n) is 7.08. The highest BCUT2D eigenvalue weighted by Gasteiger charge is 2.22. The fourth-order valence-corrected chi connectivity index (χ4v) is 3.68. The largest absolute Gasteiger partial charge is 0.383 e. The SMILES string of the molecule is COCCN(C(=O)Nc1ccc(Cl)cc1)c1ccc(C(N)=O)c(-c2ccc(Cl)cc2)c1C. The maximum Gasteiger partial charge on any atom is 0.326 e. The summed E-state index contributed by atoms with van der Waals surface area (Å²) in [7, 11) is 1.57. The van der Waals surface area contributed by atoms with Crippen molar-refractivity contribution in [2.45, 2.75) is 6.92 Å². The number of urea groups is 1. The van der Waals surface area contributed by atoms with Gasteiger partial charge < -0.3 is 15.8 Å². The summed E-state index contributed by atoms with van der Waals surface area (Å²) in [4.78, 5) is 26.9. The van der Waals surface area contributed by atoms with E-state index < -0.39 is 5.91 Å². The Bertz CT molecular complexity index is 1120. The van der Waals surface area contributed by atoms with Crippen LogP contribution in [0.4, 0.5) is 16.2 Å². The molecule has 0 saturated carbocycles. The Morgan fingerprint density at radius 2 is 1.56 bits per heavy atom. The van der Waals surface area contributed by atoms with E-state index in [2.05, 4.69) is 5.32 Å². The molecule has 0 saturated heterocycles. The van der Waals surface area contributed by atoms with Crippen LogP contribution in [0.1, 0.15) is 15.9 Å². The van der Waals surface area contributed by atoms with Crippen molar-refractivity contribution in [2.75, 3.05) is 30.5 Å². The van der Waals surface area contributed by atoms with Crippen LogP contribution < -0.4 is 16.0 Å².